The second-order valence-electron chi connectivity index (χ2n) is 6.62. The molecule has 2 aromatic heterocycles. The molecule has 0 aliphatic rings. The Kier molecular flexibility index (Phi) is 6.69. The standard InChI is InChI=1S/C21H17Cl2N5O3S/c1-12-9-19(27-31-12)32-21-26-25-18(28(21)14-5-8-16(22)17(23)10-14)11-24-20(29)13-3-6-15(30-2)7-4-13/h3-10H,11H2,1-2H3,(H,24,29). The third kappa shape index (κ3) is 4.90. The van der Waals surface area contributed by atoms with Gasteiger partial charge in [0.1, 0.15) is 16.5 Å². The molecule has 0 aliphatic heterocycles. The average molecular weight is 490 g/mol. The van der Waals surface area contributed by atoms with E-state index in [9.17, 15) is 4.79 Å². The first kappa shape index (κ1) is 22.2. The first-order chi connectivity index (χ1) is 15.4. The Morgan fingerprint density at radius 1 is 1.12 bits per heavy atom. The van der Waals surface area contributed by atoms with Crippen LogP contribution in [0.1, 0.15) is 21.9 Å². The lowest BCUT2D eigenvalue weighted by Gasteiger charge is -2.11. The summed E-state index contributed by atoms with van der Waals surface area (Å²) < 4.78 is 12.0. The maximum absolute atomic E-state index is 12.6. The summed E-state index contributed by atoms with van der Waals surface area (Å²) in [5, 5.41) is 17.4. The van der Waals surface area contributed by atoms with Gasteiger partial charge in [-0.1, -0.05) is 28.4 Å². The molecule has 11 heteroatoms. The van der Waals surface area contributed by atoms with E-state index < -0.39 is 0 Å². The van der Waals surface area contributed by atoms with Crippen molar-refractivity contribution in [3.63, 3.8) is 0 Å². The number of carbonyl (C=O) groups is 1. The Bertz CT molecular complexity index is 1260. The number of aromatic nitrogens is 4. The Morgan fingerprint density at radius 2 is 1.91 bits per heavy atom. The zero-order valence-corrected chi connectivity index (χ0v) is 19.3. The molecule has 1 N–H and O–H groups in total. The van der Waals surface area contributed by atoms with E-state index in [0.717, 1.165) is 0 Å². The molecule has 0 saturated carbocycles. The van der Waals surface area contributed by atoms with Crippen LogP contribution in [0, 0.1) is 6.92 Å². The van der Waals surface area contributed by atoms with Gasteiger partial charge in [-0.05, 0) is 61.2 Å². The molecular formula is C21H17Cl2N5O3S. The molecule has 32 heavy (non-hydrogen) atoms. The fourth-order valence-electron chi connectivity index (χ4n) is 2.85. The lowest BCUT2D eigenvalue weighted by atomic mass is 10.2. The third-order valence-corrected chi connectivity index (χ3v) is 6.01. The van der Waals surface area contributed by atoms with Crippen LogP contribution in [0.15, 0.2) is 63.2 Å². The highest BCUT2D eigenvalue weighted by Crippen LogP contribution is 2.31. The van der Waals surface area contributed by atoms with Gasteiger partial charge in [0.05, 0.1) is 29.4 Å². The van der Waals surface area contributed by atoms with Crippen molar-refractivity contribution in [1.29, 1.82) is 0 Å². The molecule has 0 aliphatic carbocycles. The number of nitrogens with zero attached hydrogens (tertiary/aromatic N) is 4. The van der Waals surface area contributed by atoms with Crippen molar-refractivity contribution >= 4 is 40.9 Å². The summed E-state index contributed by atoms with van der Waals surface area (Å²) in [6, 6.07) is 13.8. The predicted octanol–water partition coefficient (Wildman–Crippen LogP) is 4.96. The second kappa shape index (κ2) is 9.64. The van der Waals surface area contributed by atoms with Crippen molar-refractivity contribution in [3.05, 3.63) is 75.7 Å². The van der Waals surface area contributed by atoms with E-state index in [0.29, 0.717) is 48.8 Å². The number of hydrogen-bond acceptors (Lipinski definition) is 7. The number of nitrogens with one attached hydrogen (secondary N) is 1. The van der Waals surface area contributed by atoms with E-state index >= 15 is 0 Å². The van der Waals surface area contributed by atoms with E-state index in [1.807, 2.05) is 0 Å². The fraction of sp³-hybridized carbons (Fsp3) is 0.143. The monoisotopic (exact) mass is 489 g/mol. The molecule has 164 valence electrons. The summed E-state index contributed by atoms with van der Waals surface area (Å²) >= 11 is 13.6. The Hall–Kier alpha value is -3.01. The third-order valence-electron chi connectivity index (χ3n) is 4.42. The molecule has 0 bridgehead atoms. The summed E-state index contributed by atoms with van der Waals surface area (Å²) in [6.07, 6.45) is 0. The molecule has 0 fully saturated rings. The van der Waals surface area contributed by atoms with Crippen molar-refractivity contribution in [2.45, 2.75) is 23.7 Å². The van der Waals surface area contributed by atoms with E-state index in [1.165, 1.54) is 11.8 Å². The van der Waals surface area contributed by atoms with Crippen LogP contribution in [0.3, 0.4) is 0 Å². The van der Waals surface area contributed by atoms with Crippen LogP contribution in [0.4, 0.5) is 0 Å². The zero-order chi connectivity index (χ0) is 22.7. The molecular weight excluding hydrogens is 473 g/mol. The Morgan fingerprint density at radius 3 is 2.56 bits per heavy atom. The molecule has 2 heterocycles. The van der Waals surface area contributed by atoms with Crippen LogP contribution in [-0.2, 0) is 6.54 Å². The number of benzene rings is 2. The van der Waals surface area contributed by atoms with Crippen LogP contribution in [-0.4, -0.2) is 32.9 Å². The summed E-state index contributed by atoms with van der Waals surface area (Å²) in [7, 11) is 1.57. The molecule has 4 aromatic rings. The minimum Gasteiger partial charge on any atom is -0.497 e. The topological polar surface area (TPSA) is 95.1 Å². The number of halogens is 2. The maximum atomic E-state index is 12.6. The van der Waals surface area contributed by atoms with Crippen LogP contribution in [0.25, 0.3) is 5.69 Å². The van der Waals surface area contributed by atoms with E-state index in [1.54, 1.807) is 67.1 Å². The molecule has 4 rings (SSSR count). The maximum Gasteiger partial charge on any atom is 0.251 e. The fourth-order valence-corrected chi connectivity index (χ4v) is 4.02. The lowest BCUT2D eigenvalue weighted by molar-refractivity contribution is 0.0949. The van der Waals surface area contributed by atoms with Gasteiger partial charge in [0.25, 0.3) is 5.91 Å². The minimum absolute atomic E-state index is 0.135. The van der Waals surface area contributed by atoms with Gasteiger partial charge >= 0.3 is 0 Å². The molecule has 0 unspecified atom stereocenters. The van der Waals surface area contributed by atoms with Crippen molar-refractivity contribution in [1.82, 2.24) is 25.2 Å². The van der Waals surface area contributed by atoms with Crippen LogP contribution >= 0.6 is 35.0 Å². The van der Waals surface area contributed by atoms with Gasteiger partial charge in [-0.2, -0.15) is 0 Å². The summed E-state index contributed by atoms with van der Waals surface area (Å²) in [6.45, 7) is 1.94. The first-order valence-corrected chi connectivity index (χ1v) is 10.9. The van der Waals surface area contributed by atoms with Gasteiger partial charge in [0.2, 0.25) is 5.16 Å². The number of rotatable bonds is 7. The highest BCUT2D eigenvalue weighted by Gasteiger charge is 2.18. The van der Waals surface area contributed by atoms with E-state index in [-0.39, 0.29) is 12.5 Å². The molecule has 0 spiro atoms. The number of carbonyl (C=O) groups excluding carboxylic acids is 1. The SMILES string of the molecule is COc1ccc(C(=O)NCc2nnc(Sc3cc(C)on3)n2-c2ccc(Cl)c(Cl)c2)cc1. The van der Waals surface area contributed by atoms with Crippen LogP contribution in [0.5, 0.6) is 5.75 Å². The lowest BCUT2D eigenvalue weighted by Crippen LogP contribution is -2.24. The number of aryl methyl sites for hydroxylation is 1. The van der Waals surface area contributed by atoms with E-state index in [2.05, 4.69) is 20.7 Å². The zero-order valence-electron chi connectivity index (χ0n) is 17.0. The van der Waals surface area contributed by atoms with Crippen molar-refractivity contribution in [2.24, 2.45) is 0 Å². The van der Waals surface area contributed by atoms with Crippen LogP contribution in [0.2, 0.25) is 10.0 Å². The molecule has 0 radical (unpaired) electrons. The van der Waals surface area contributed by atoms with Gasteiger partial charge in [-0.15, -0.1) is 10.2 Å². The smallest absolute Gasteiger partial charge is 0.251 e. The highest BCUT2D eigenvalue weighted by atomic mass is 35.5. The van der Waals surface area contributed by atoms with Gasteiger partial charge in [0.15, 0.2) is 5.82 Å². The average Bonchev–Trinajstić information content (AvgIpc) is 3.39. The molecule has 0 atom stereocenters. The summed E-state index contributed by atoms with van der Waals surface area (Å²) in [4.78, 5) is 12.6. The number of ether oxygens (including phenoxy) is 1. The van der Waals surface area contributed by atoms with Gasteiger partial charge in [-0.25, -0.2) is 0 Å². The molecule has 0 saturated heterocycles. The van der Waals surface area contributed by atoms with Crippen molar-refractivity contribution < 1.29 is 14.1 Å². The van der Waals surface area contributed by atoms with E-state index in [4.69, 9.17) is 32.5 Å². The number of amides is 1. The van der Waals surface area contributed by atoms with Gasteiger partial charge in [-0.3, -0.25) is 9.36 Å². The normalized spacial score (nSPS) is 10.9. The summed E-state index contributed by atoms with van der Waals surface area (Å²) in [5.74, 6) is 1.61. The molecule has 2 aromatic carbocycles. The van der Waals surface area contributed by atoms with Gasteiger partial charge < -0.3 is 14.6 Å². The Balaban J connectivity index is 1.61. The Labute approximate surface area is 197 Å². The van der Waals surface area contributed by atoms with Crippen molar-refractivity contribution in [2.75, 3.05) is 7.11 Å². The number of methoxy groups -OCH3 is 1. The molecule has 8 nitrogen and oxygen atoms in total. The van der Waals surface area contributed by atoms with Crippen LogP contribution < -0.4 is 10.1 Å². The van der Waals surface area contributed by atoms with Crippen molar-refractivity contribution in [3.8, 4) is 11.4 Å². The minimum atomic E-state index is -0.252. The van der Waals surface area contributed by atoms with Gasteiger partial charge in [0, 0.05) is 11.6 Å². The molecule has 1 amide bonds. The second-order valence-corrected chi connectivity index (χ2v) is 8.42. The quantitative estimate of drug-likeness (QED) is 0.391. The largest absolute Gasteiger partial charge is 0.497 e. The highest BCUT2D eigenvalue weighted by molar-refractivity contribution is 7.99. The predicted molar refractivity (Wildman–Crippen MR) is 121 cm³/mol. The first-order valence-electron chi connectivity index (χ1n) is 9.37. The number of hydrogen-bond donors (Lipinski definition) is 1. The summed E-state index contributed by atoms with van der Waals surface area (Å²) in [5.41, 5.74) is 1.19.